The second-order valence-electron chi connectivity index (χ2n) is 2.67. The molecule has 0 bridgehead atoms. The SMILES string of the molecule is CNCc1c(Cl)nc2ncccn12. The number of aromatic nitrogens is 3. The Kier molecular flexibility index (Phi) is 2.16. The highest BCUT2D eigenvalue weighted by Crippen LogP contribution is 2.15. The second-order valence-corrected chi connectivity index (χ2v) is 3.03. The van der Waals surface area contributed by atoms with Crippen molar-refractivity contribution in [1.82, 2.24) is 19.7 Å². The molecule has 0 aliphatic heterocycles. The Balaban J connectivity index is 2.64. The minimum atomic E-state index is 0.507. The summed E-state index contributed by atoms with van der Waals surface area (Å²) in [6.07, 6.45) is 3.59. The van der Waals surface area contributed by atoms with Crippen LogP contribution in [-0.4, -0.2) is 21.4 Å². The van der Waals surface area contributed by atoms with E-state index in [2.05, 4.69) is 15.3 Å². The zero-order chi connectivity index (χ0) is 9.26. The molecule has 0 amide bonds. The minimum absolute atomic E-state index is 0.507. The molecule has 13 heavy (non-hydrogen) atoms. The van der Waals surface area contributed by atoms with E-state index in [9.17, 15) is 0 Å². The van der Waals surface area contributed by atoms with Gasteiger partial charge in [-0.1, -0.05) is 11.6 Å². The van der Waals surface area contributed by atoms with Crippen LogP contribution in [0.2, 0.25) is 5.15 Å². The largest absolute Gasteiger partial charge is 0.314 e. The fourth-order valence-corrected chi connectivity index (χ4v) is 1.47. The van der Waals surface area contributed by atoms with E-state index in [-0.39, 0.29) is 0 Å². The Hall–Kier alpha value is -1.13. The Morgan fingerprint density at radius 3 is 3.23 bits per heavy atom. The number of rotatable bonds is 2. The number of imidazole rings is 1. The van der Waals surface area contributed by atoms with Gasteiger partial charge >= 0.3 is 0 Å². The van der Waals surface area contributed by atoms with Crippen LogP contribution in [0.1, 0.15) is 5.69 Å². The van der Waals surface area contributed by atoms with E-state index in [1.807, 2.05) is 23.7 Å². The number of halogens is 1. The summed E-state index contributed by atoms with van der Waals surface area (Å²) in [4.78, 5) is 8.19. The quantitative estimate of drug-likeness (QED) is 0.782. The molecule has 0 aromatic carbocycles. The van der Waals surface area contributed by atoms with Crippen LogP contribution in [-0.2, 0) is 6.54 Å². The highest BCUT2D eigenvalue weighted by molar-refractivity contribution is 6.30. The number of nitrogens with one attached hydrogen (secondary N) is 1. The number of hydrogen-bond donors (Lipinski definition) is 1. The van der Waals surface area contributed by atoms with Crippen LogP contribution in [0.5, 0.6) is 0 Å². The van der Waals surface area contributed by atoms with E-state index in [4.69, 9.17) is 11.6 Å². The van der Waals surface area contributed by atoms with Crippen molar-refractivity contribution in [2.45, 2.75) is 6.54 Å². The maximum absolute atomic E-state index is 5.93. The minimum Gasteiger partial charge on any atom is -0.314 e. The molecule has 2 rings (SSSR count). The molecular formula is C8H9ClN4. The molecule has 2 aromatic heterocycles. The zero-order valence-electron chi connectivity index (χ0n) is 7.16. The van der Waals surface area contributed by atoms with Crippen molar-refractivity contribution in [2.24, 2.45) is 0 Å². The molecular weight excluding hydrogens is 188 g/mol. The van der Waals surface area contributed by atoms with Gasteiger partial charge in [-0.3, -0.25) is 4.40 Å². The summed E-state index contributed by atoms with van der Waals surface area (Å²) in [5.74, 6) is 0.637. The van der Waals surface area contributed by atoms with E-state index >= 15 is 0 Å². The Morgan fingerprint density at radius 2 is 2.46 bits per heavy atom. The third-order valence-electron chi connectivity index (χ3n) is 1.80. The van der Waals surface area contributed by atoms with Crippen molar-refractivity contribution in [3.63, 3.8) is 0 Å². The van der Waals surface area contributed by atoms with E-state index in [0.717, 1.165) is 5.69 Å². The maximum atomic E-state index is 5.93. The van der Waals surface area contributed by atoms with Crippen LogP contribution >= 0.6 is 11.6 Å². The van der Waals surface area contributed by atoms with Gasteiger partial charge in [0.05, 0.1) is 5.69 Å². The fraction of sp³-hybridized carbons (Fsp3) is 0.250. The number of nitrogens with zero attached hydrogens (tertiary/aromatic N) is 3. The highest BCUT2D eigenvalue weighted by Gasteiger charge is 2.08. The van der Waals surface area contributed by atoms with Crippen LogP contribution < -0.4 is 5.32 Å². The lowest BCUT2D eigenvalue weighted by Gasteiger charge is -1.98. The Labute approximate surface area is 80.6 Å². The second kappa shape index (κ2) is 3.32. The van der Waals surface area contributed by atoms with Gasteiger partial charge in [0, 0.05) is 18.9 Å². The summed E-state index contributed by atoms with van der Waals surface area (Å²) in [7, 11) is 1.87. The first-order valence-corrected chi connectivity index (χ1v) is 4.33. The van der Waals surface area contributed by atoms with Gasteiger partial charge in [-0.2, -0.15) is 4.98 Å². The molecule has 4 nitrogen and oxygen atoms in total. The molecule has 0 spiro atoms. The van der Waals surface area contributed by atoms with Crippen molar-refractivity contribution < 1.29 is 0 Å². The fourth-order valence-electron chi connectivity index (χ4n) is 1.23. The monoisotopic (exact) mass is 196 g/mol. The van der Waals surface area contributed by atoms with Gasteiger partial charge in [0.25, 0.3) is 0 Å². The molecule has 5 heteroatoms. The van der Waals surface area contributed by atoms with Crippen molar-refractivity contribution in [3.8, 4) is 0 Å². The lowest BCUT2D eigenvalue weighted by atomic mass is 10.4. The van der Waals surface area contributed by atoms with Crippen LogP contribution in [0.25, 0.3) is 5.78 Å². The zero-order valence-corrected chi connectivity index (χ0v) is 7.91. The van der Waals surface area contributed by atoms with Crippen LogP contribution in [0.3, 0.4) is 0 Å². The van der Waals surface area contributed by atoms with Crippen LogP contribution in [0.15, 0.2) is 18.5 Å². The predicted octanol–water partition coefficient (Wildman–Crippen LogP) is 1.10. The molecule has 0 aliphatic rings. The molecule has 0 aliphatic carbocycles. The maximum Gasteiger partial charge on any atom is 0.235 e. The average Bonchev–Trinajstić information content (AvgIpc) is 2.44. The van der Waals surface area contributed by atoms with Crippen molar-refractivity contribution in [2.75, 3.05) is 7.05 Å². The molecule has 2 heterocycles. The van der Waals surface area contributed by atoms with E-state index in [1.54, 1.807) is 6.20 Å². The summed E-state index contributed by atoms with van der Waals surface area (Å²) in [5.41, 5.74) is 0.937. The smallest absolute Gasteiger partial charge is 0.235 e. The molecule has 1 N–H and O–H groups in total. The normalized spacial score (nSPS) is 10.9. The number of fused-ring (bicyclic) bond motifs is 1. The third-order valence-corrected chi connectivity index (χ3v) is 2.10. The standard InChI is InChI=1S/C8H9ClN4/c1-10-5-6-7(9)12-8-11-3-2-4-13(6)8/h2-4,10H,5H2,1H3. The van der Waals surface area contributed by atoms with E-state index in [1.165, 1.54) is 0 Å². The summed E-state index contributed by atoms with van der Waals surface area (Å²) < 4.78 is 1.87. The van der Waals surface area contributed by atoms with Gasteiger partial charge in [-0.25, -0.2) is 4.98 Å². The van der Waals surface area contributed by atoms with E-state index in [0.29, 0.717) is 17.5 Å². The third kappa shape index (κ3) is 1.38. The molecule has 0 fully saturated rings. The van der Waals surface area contributed by atoms with Gasteiger partial charge in [0.15, 0.2) is 5.15 Å². The topological polar surface area (TPSA) is 42.2 Å². The van der Waals surface area contributed by atoms with Crippen molar-refractivity contribution in [1.29, 1.82) is 0 Å². The summed E-state index contributed by atoms with van der Waals surface area (Å²) in [5, 5.41) is 3.54. The molecule has 0 unspecified atom stereocenters. The summed E-state index contributed by atoms with van der Waals surface area (Å²) in [6.45, 7) is 0.686. The average molecular weight is 197 g/mol. The first kappa shape index (κ1) is 8.47. The molecule has 0 atom stereocenters. The lowest BCUT2D eigenvalue weighted by Crippen LogP contribution is -2.08. The van der Waals surface area contributed by atoms with Crippen molar-refractivity contribution in [3.05, 3.63) is 29.3 Å². The lowest BCUT2D eigenvalue weighted by molar-refractivity contribution is 0.780. The van der Waals surface area contributed by atoms with Gasteiger partial charge in [0.1, 0.15) is 0 Å². The predicted molar refractivity (Wildman–Crippen MR) is 50.8 cm³/mol. The molecule has 0 saturated heterocycles. The Morgan fingerprint density at radius 1 is 1.62 bits per heavy atom. The summed E-state index contributed by atoms with van der Waals surface area (Å²) >= 11 is 5.93. The van der Waals surface area contributed by atoms with Crippen molar-refractivity contribution >= 4 is 17.4 Å². The summed E-state index contributed by atoms with van der Waals surface area (Å²) in [6, 6.07) is 1.85. The number of hydrogen-bond acceptors (Lipinski definition) is 3. The molecule has 0 radical (unpaired) electrons. The molecule has 2 aromatic rings. The molecule has 0 saturated carbocycles. The highest BCUT2D eigenvalue weighted by atomic mass is 35.5. The van der Waals surface area contributed by atoms with Crippen LogP contribution in [0.4, 0.5) is 0 Å². The first-order valence-electron chi connectivity index (χ1n) is 3.95. The van der Waals surface area contributed by atoms with Gasteiger partial charge in [-0.15, -0.1) is 0 Å². The van der Waals surface area contributed by atoms with Gasteiger partial charge in [0.2, 0.25) is 5.78 Å². The van der Waals surface area contributed by atoms with E-state index < -0.39 is 0 Å². The van der Waals surface area contributed by atoms with Crippen LogP contribution in [0, 0.1) is 0 Å². The molecule has 68 valence electrons. The Bertz CT molecular complexity index is 423. The van der Waals surface area contributed by atoms with Gasteiger partial charge < -0.3 is 5.32 Å². The first-order chi connectivity index (χ1) is 6.33. The van der Waals surface area contributed by atoms with Gasteiger partial charge in [-0.05, 0) is 13.1 Å².